The van der Waals surface area contributed by atoms with Crippen molar-refractivity contribution >= 4 is 0 Å². The number of hydrogen-bond donors (Lipinski definition) is 1. The molecular formula is C17H21NO. The van der Waals surface area contributed by atoms with E-state index in [1.807, 2.05) is 18.2 Å². The molecule has 2 aromatic carbocycles. The molecule has 2 rings (SSSR count). The Morgan fingerprint density at radius 2 is 1.58 bits per heavy atom. The molecule has 0 atom stereocenters. The molecule has 0 heterocycles. The van der Waals surface area contributed by atoms with Crippen molar-refractivity contribution in [1.82, 2.24) is 5.48 Å². The van der Waals surface area contributed by atoms with E-state index in [1.165, 1.54) is 27.8 Å². The first kappa shape index (κ1) is 13.8. The van der Waals surface area contributed by atoms with Gasteiger partial charge in [0.05, 0.1) is 6.61 Å². The second-order valence-electron chi connectivity index (χ2n) is 4.96. The van der Waals surface area contributed by atoms with E-state index >= 15 is 0 Å². The fraction of sp³-hybridized carbons (Fsp3) is 0.294. The summed E-state index contributed by atoms with van der Waals surface area (Å²) in [5.74, 6) is 0. The van der Waals surface area contributed by atoms with Crippen molar-refractivity contribution in [1.29, 1.82) is 0 Å². The highest BCUT2D eigenvalue weighted by molar-refractivity contribution is 5.36. The van der Waals surface area contributed by atoms with Crippen LogP contribution in [0.15, 0.2) is 42.5 Å². The van der Waals surface area contributed by atoms with Crippen LogP contribution in [0.5, 0.6) is 0 Å². The summed E-state index contributed by atoms with van der Waals surface area (Å²) in [6.07, 6.45) is 0. The molecule has 0 fully saturated rings. The SMILES string of the molecule is Cc1cc(C)c(CNOCc2ccccc2)cc1C. The summed E-state index contributed by atoms with van der Waals surface area (Å²) < 4.78 is 0. The minimum atomic E-state index is 0.588. The molecule has 0 aliphatic rings. The third-order valence-electron chi connectivity index (χ3n) is 3.40. The third kappa shape index (κ3) is 3.91. The Hall–Kier alpha value is -1.64. The summed E-state index contributed by atoms with van der Waals surface area (Å²) >= 11 is 0. The summed E-state index contributed by atoms with van der Waals surface area (Å²) in [6.45, 7) is 7.75. The second kappa shape index (κ2) is 6.50. The fourth-order valence-corrected chi connectivity index (χ4v) is 2.05. The quantitative estimate of drug-likeness (QED) is 0.647. The maximum atomic E-state index is 5.50. The molecule has 0 saturated carbocycles. The van der Waals surface area contributed by atoms with Crippen LogP contribution in [0, 0.1) is 20.8 Å². The molecule has 19 heavy (non-hydrogen) atoms. The number of hydroxylamine groups is 1. The summed E-state index contributed by atoms with van der Waals surface area (Å²) in [4.78, 5) is 5.50. The van der Waals surface area contributed by atoms with Gasteiger partial charge >= 0.3 is 0 Å². The number of nitrogens with one attached hydrogen (secondary N) is 1. The molecule has 0 bridgehead atoms. The largest absolute Gasteiger partial charge is 0.297 e. The van der Waals surface area contributed by atoms with Crippen LogP contribution in [0.25, 0.3) is 0 Å². The first-order valence-electron chi connectivity index (χ1n) is 6.62. The van der Waals surface area contributed by atoms with E-state index in [4.69, 9.17) is 4.84 Å². The van der Waals surface area contributed by atoms with Gasteiger partial charge in [-0.3, -0.25) is 4.84 Å². The zero-order valence-corrected chi connectivity index (χ0v) is 11.9. The van der Waals surface area contributed by atoms with Gasteiger partial charge in [-0.25, -0.2) is 0 Å². The first-order valence-corrected chi connectivity index (χ1v) is 6.62. The predicted molar refractivity (Wildman–Crippen MR) is 78.7 cm³/mol. The van der Waals surface area contributed by atoms with Gasteiger partial charge < -0.3 is 0 Å². The van der Waals surface area contributed by atoms with Crippen molar-refractivity contribution < 1.29 is 4.84 Å². The van der Waals surface area contributed by atoms with Crippen LogP contribution in [-0.4, -0.2) is 0 Å². The molecule has 0 aliphatic carbocycles. The standard InChI is InChI=1S/C17H21NO/c1-13-9-15(3)17(10-14(13)2)11-18-19-12-16-7-5-4-6-8-16/h4-10,18H,11-12H2,1-3H3. The van der Waals surface area contributed by atoms with Crippen LogP contribution in [0.1, 0.15) is 27.8 Å². The lowest BCUT2D eigenvalue weighted by molar-refractivity contribution is 0.0234. The van der Waals surface area contributed by atoms with Crippen LogP contribution < -0.4 is 5.48 Å². The van der Waals surface area contributed by atoms with Crippen LogP contribution in [0.3, 0.4) is 0 Å². The molecule has 0 amide bonds. The molecule has 1 N–H and O–H groups in total. The van der Waals surface area contributed by atoms with Crippen molar-refractivity contribution in [3.8, 4) is 0 Å². The molecule has 2 nitrogen and oxygen atoms in total. The number of hydrogen-bond acceptors (Lipinski definition) is 2. The lowest BCUT2D eigenvalue weighted by atomic mass is 10.0. The summed E-state index contributed by atoms with van der Waals surface area (Å²) in [6, 6.07) is 14.6. The van der Waals surface area contributed by atoms with Gasteiger partial charge in [0.2, 0.25) is 0 Å². The van der Waals surface area contributed by atoms with E-state index in [-0.39, 0.29) is 0 Å². The van der Waals surface area contributed by atoms with Crippen LogP contribution in [0.4, 0.5) is 0 Å². The zero-order chi connectivity index (χ0) is 13.7. The van der Waals surface area contributed by atoms with Gasteiger partial charge in [0.1, 0.15) is 0 Å². The van der Waals surface area contributed by atoms with Gasteiger partial charge in [0.15, 0.2) is 0 Å². The van der Waals surface area contributed by atoms with Crippen LogP contribution in [0.2, 0.25) is 0 Å². The van der Waals surface area contributed by atoms with Gasteiger partial charge in [-0.05, 0) is 48.6 Å². The van der Waals surface area contributed by atoms with Gasteiger partial charge in [-0.15, -0.1) is 0 Å². The molecule has 0 radical (unpaired) electrons. The molecule has 0 saturated heterocycles. The van der Waals surface area contributed by atoms with Crippen molar-refractivity contribution in [3.63, 3.8) is 0 Å². The van der Waals surface area contributed by atoms with E-state index in [0.29, 0.717) is 6.61 Å². The maximum Gasteiger partial charge on any atom is 0.0933 e. The molecule has 100 valence electrons. The van der Waals surface area contributed by atoms with Gasteiger partial charge in [0.25, 0.3) is 0 Å². The van der Waals surface area contributed by atoms with E-state index in [0.717, 1.165) is 6.54 Å². The molecule has 0 unspecified atom stereocenters. The Morgan fingerprint density at radius 3 is 2.32 bits per heavy atom. The summed E-state index contributed by atoms with van der Waals surface area (Å²) in [5, 5.41) is 0. The smallest absolute Gasteiger partial charge is 0.0933 e. The monoisotopic (exact) mass is 255 g/mol. The predicted octanol–water partition coefficient (Wildman–Crippen LogP) is 3.83. The second-order valence-corrected chi connectivity index (χ2v) is 4.96. The Bertz CT molecular complexity index is 534. The third-order valence-corrected chi connectivity index (χ3v) is 3.40. The highest BCUT2D eigenvalue weighted by atomic mass is 16.6. The molecule has 2 heteroatoms. The Morgan fingerprint density at radius 1 is 0.895 bits per heavy atom. The Labute approximate surface area is 115 Å². The van der Waals surface area contributed by atoms with Crippen molar-refractivity contribution in [2.24, 2.45) is 0 Å². The zero-order valence-electron chi connectivity index (χ0n) is 11.9. The Kier molecular flexibility index (Phi) is 4.72. The van der Waals surface area contributed by atoms with Crippen molar-refractivity contribution in [3.05, 3.63) is 70.3 Å². The van der Waals surface area contributed by atoms with E-state index in [1.54, 1.807) is 0 Å². The molecular weight excluding hydrogens is 234 g/mol. The van der Waals surface area contributed by atoms with Gasteiger partial charge in [-0.1, -0.05) is 42.5 Å². The highest BCUT2D eigenvalue weighted by Crippen LogP contribution is 2.15. The van der Waals surface area contributed by atoms with Crippen LogP contribution in [-0.2, 0) is 18.0 Å². The normalized spacial score (nSPS) is 10.7. The van der Waals surface area contributed by atoms with Crippen LogP contribution >= 0.6 is 0 Å². The number of benzene rings is 2. The van der Waals surface area contributed by atoms with E-state index in [2.05, 4.69) is 50.5 Å². The number of rotatable bonds is 5. The van der Waals surface area contributed by atoms with E-state index in [9.17, 15) is 0 Å². The fourth-order valence-electron chi connectivity index (χ4n) is 2.05. The van der Waals surface area contributed by atoms with Crippen molar-refractivity contribution in [2.45, 2.75) is 33.9 Å². The number of aryl methyl sites for hydroxylation is 3. The Balaban J connectivity index is 1.85. The molecule has 0 aromatic heterocycles. The lowest BCUT2D eigenvalue weighted by Gasteiger charge is -2.11. The maximum absolute atomic E-state index is 5.50. The van der Waals surface area contributed by atoms with Gasteiger partial charge in [0, 0.05) is 6.54 Å². The molecule has 0 spiro atoms. The first-order chi connectivity index (χ1) is 9.16. The molecule has 0 aliphatic heterocycles. The summed E-state index contributed by atoms with van der Waals surface area (Å²) in [7, 11) is 0. The topological polar surface area (TPSA) is 21.3 Å². The minimum absolute atomic E-state index is 0.588. The van der Waals surface area contributed by atoms with Gasteiger partial charge in [-0.2, -0.15) is 5.48 Å². The molecule has 2 aromatic rings. The lowest BCUT2D eigenvalue weighted by Crippen LogP contribution is -2.15. The average molecular weight is 255 g/mol. The highest BCUT2D eigenvalue weighted by Gasteiger charge is 2.01. The summed E-state index contributed by atoms with van der Waals surface area (Å²) in [5.41, 5.74) is 9.47. The average Bonchev–Trinajstić information content (AvgIpc) is 2.41. The minimum Gasteiger partial charge on any atom is -0.297 e. The van der Waals surface area contributed by atoms with E-state index < -0.39 is 0 Å². The van der Waals surface area contributed by atoms with Crippen molar-refractivity contribution in [2.75, 3.05) is 0 Å².